The zero-order valence-corrected chi connectivity index (χ0v) is 17.5. The van der Waals surface area contributed by atoms with E-state index in [1.165, 1.54) is 16.7 Å². The number of benzene rings is 2. The number of nitrogens with zero attached hydrogens (tertiary/aromatic N) is 2. The van der Waals surface area contributed by atoms with Gasteiger partial charge in [-0.15, -0.1) is 11.3 Å². The second kappa shape index (κ2) is 6.77. The Labute approximate surface area is 175 Å². The number of amides is 1. The number of hydrogen-bond donors (Lipinski definition) is 2. The molecule has 1 amide bonds. The minimum atomic E-state index is -1.08. The Morgan fingerprint density at radius 1 is 1.25 bits per heavy atom. The maximum atomic E-state index is 12.5. The first-order valence-electron chi connectivity index (χ1n) is 8.00. The van der Waals surface area contributed by atoms with Crippen LogP contribution in [0.2, 0.25) is 0 Å². The van der Waals surface area contributed by atoms with Gasteiger partial charge < -0.3 is 10.2 Å². The number of fused-ring (bicyclic) bond motifs is 1. The molecule has 6 nitrogen and oxygen atoms in total. The maximum Gasteiger partial charge on any atom is 0.335 e. The van der Waals surface area contributed by atoms with E-state index in [1.54, 1.807) is 31.2 Å². The van der Waals surface area contributed by atoms with Gasteiger partial charge in [-0.25, -0.2) is 9.79 Å². The number of rotatable bonds is 3. The van der Waals surface area contributed by atoms with Crippen molar-refractivity contribution in [2.45, 2.75) is 6.92 Å². The van der Waals surface area contributed by atoms with Gasteiger partial charge in [0, 0.05) is 9.69 Å². The molecule has 2 aromatic carbocycles. The smallest absolute Gasteiger partial charge is 0.335 e. The molecule has 3 aromatic rings. The number of aromatic hydroxyl groups is 1. The topological polar surface area (TPSA) is 91.9 Å². The Morgan fingerprint density at radius 2 is 2.00 bits per heavy atom. The van der Waals surface area contributed by atoms with Gasteiger partial charge in [0.1, 0.15) is 4.88 Å². The Morgan fingerprint density at radius 3 is 2.71 bits per heavy atom. The lowest BCUT2D eigenvalue weighted by Crippen LogP contribution is -2.22. The van der Waals surface area contributed by atoms with E-state index in [-0.39, 0.29) is 17.0 Å². The van der Waals surface area contributed by atoms with Crippen molar-refractivity contribution in [2.24, 2.45) is 4.99 Å². The average molecular weight is 475 g/mol. The number of thiazole rings is 1. The van der Waals surface area contributed by atoms with Crippen LogP contribution >= 0.6 is 39.5 Å². The SMILES string of the molecule is Cc1ccc(C(=O)O)cc1-n1c(O)c(C2=c3cc(Br)ccc3=NC2=O)sc1=S. The third-order valence-electron chi connectivity index (χ3n) is 4.37. The van der Waals surface area contributed by atoms with Crippen LogP contribution in [-0.4, -0.2) is 26.7 Å². The van der Waals surface area contributed by atoms with Gasteiger partial charge in [-0.3, -0.25) is 9.36 Å². The van der Waals surface area contributed by atoms with Crippen LogP contribution in [0, 0.1) is 10.9 Å². The van der Waals surface area contributed by atoms with E-state index >= 15 is 0 Å². The Hall–Kier alpha value is -2.62. The number of aromatic carboxylic acids is 1. The highest BCUT2D eigenvalue weighted by molar-refractivity contribution is 9.10. The second-order valence-electron chi connectivity index (χ2n) is 6.12. The minimum absolute atomic E-state index is 0.0727. The predicted molar refractivity (Wildman–Crippen MR) is 110 cm³/mol. The van der Waals surface area contributed by atoms with Gasteiger partial charge in [0.15, 0.2) is 3.95 Å². The highest BCUT2D eigenvalue weighted by atomic mass is 79.9. The molecule has 0 spiro atoms. The quantitative estimate of drug-likeness (QED) is 0.569. The summed E-state index contributed by atoms with van der Waals surface area (Å²) >= 11 is 9.88. The molecule has 0 saturated heterocycles. The molecule has 2 heterocycles. The molecule has 1 aliphatic heterocycles. The van der Waals surface area contributed by atoms with Crippen LogP contribution in [0.25, 0.3) is 11.3 Å². The van der Waals surface area contributed by atoms with E-state index in [0.29, 0.717) is 25.1 Å². The number of aromatic nitrogens is 1. The number of carboxylic acids is 1. The van der Waals surface area contributed by atoms with Crippen LogP contribution < -0.4 is 10.6 Å². The zero-order chi connectivity index (χ0) is 20.2. The molecule has 9 heteroatoms. The number of halogens is 1. The van der Waals surface area contributed by atoms with Crippen molar-refractivity contribution in [3.05, 3.63) is 71.4 Å². The molecule has 0 atom stereocenters. The molecule has 0 fully saturated rings. The van der Waals surface area contributed by atoms with Gasteiger partial charge in [0.05, 0.1) is 22.2 Å². The highest BCUT2D eigenvalue weighted by Gasteiger charge is 2.26. The summed E-state index contributed by atoms with van der Waals surface area (Å²) in [6.45, 7) is 1.79. The lowest BCUT2D eigenvalue weighted by molar-refractivity contribution is -0.112. The summed E-state index contributed by atoms with van der Waals surface area (Å²) in [4.78, 5) is 28.2. The van der Waals surface area contributed by atoms with Crippen molar-refractivity contribution in [3.8, 4) is 11.6 Å². The van der Waals surface area contributed by atoms with Gasteiger partial charge in [-0.1, -0.05) is 22.0 Å². The number of aryl methyl sites for hydroxylation is 1. The normalized spacial score (nSPS) is 12.8. The molecule has 0 unspecified atom stereocenters. The Kier molecular flexibility index (Phi) is 4.53. The third kappa shape index (κ3) is 2.92. The lowest BCUT2D eigenvalue weighted by atomic mass is 10.1. The Balaban J connectivity index is 2.01. The summed E-state index contributed by atoms with van der Waals surface area (Å²) in [5, 5.41) is 21.3. The first-order chi connectivity index (χ1) is 13.3. The molecule has 0 radical (unpaired) electrons. The van der Waals surface area contributed by atoms with E-state index in [0.717, 1.165) is 21.4 Å². The molecular formula is C19H11BrN2O4S2. The molecule has 2 N–H and O–H groups in total. The van der Waals surface area contributed by atoms with Gasteiger partial charge in [-0.2, -0.15) is 0 Å². The van der Waals surface area contributed by atoms with Crippen LogP contribution in [0.5, 0.6) is 5.88 Å². The molecule has 140 valence electrons. The summed E-state index contributed by atoms with van der Waals surface area (Å²) in [5.74, 6) is -1.75. The lowest BCUT2D eigenvalue weighted by Gasteiger charge is -2.10. The number of carbonyl (C=O) groups is 2. The monoisotopic (exact) mass is 474 g/mol. The number of carboxylic acid groups (broad SMARTS) is 1. The van der Waals surface area contributed by atoms with E-state index < -0.39 is 11.9 Å². The molecule has 4 rings (SSSR count). The maximum absolute atomic E-state index is 12.5. The van der Waals surface area contributed by atoms with Crippen molar-refractivity contribution >= 4 is 56.9 Å². The van der Waals surface area contributed by atoms with E-state index in [1.807, 2.05) is 0 Å². The molecule has 28 heavy (non-hydrogen) atoms. The fraction of sp³-hybridized carbons (Fsp3) is 0.0526. The van der Waals surface area contributed by atoms with E-state index in [9.17, 15) is 19.8 Å². The standard InChI is InChI=1S/C19H11BrN2O4S2/c1-8-2-3-9(18(25)26)6-13(8)22-17(24)15(28-19(22)27)14-11-7-10(20)4-5-12(11)21-16(14)23/h2-7,24H,1H3,(H,25,26). The van der Waals surface area contributed by atoms with Crippen LogP contribution in [0.3, 0.4) is 0 Å². The second-order valence-corrected chi connectivity index (χ2v) is 8.68. The number of hydrogen-bond acceptors (Lipinski definition) is 5. The van der Waals surface area contributed by atoms with Crippen LogP contribution in [-0.2, 0) is 4.79 Å². The highest BCUT2D eigenvalue weighted by Crippen LogP contribution is 2.36. The largest absolute Gasteiger partial charge is 0.493 e. The predicted octanol–water partition coefficient (Wildman–Crippen LogP) is 3.10. The van der Waals surface area contributed by atoms with Crippen LogP contribution in [0.1, 0.15) is 20.8 Å². The average Bonchev–Trinajstić information content (AvgIpc) is 3.10. The van der Waals surface area contributed by atoms with Crippen molar-refractivity contribution in [3.63, 3.8) is 0 Å². The van der Waals surface area contributed by atoms with Crippen LogP contribution in [0.4, 0.5) is 0 Å². The number of carbonyl (C=O) groups excluding carboxylic acids is 1. The fourth-order valence-corrected chi connectivity index (χ4v) is 4.76. The molecular weight excluding hydrogens is 464 g/mol. The van der Waals surface area contributed by atoms with Crippen molar-refractivity contribution < 1.29 is 19.8 Å². The molecule has 1 aromatic heterocycles. The summed E-state index contributed by atoms with van der Waals surface area (Å²) in [6, 6.07) is 9.84. The molecule has 1 aliphatic rings. The zero-order valence-electron chi connectivity index (χ0n) is 14.3. The molecule has 0 saturated carbocycles. The van der Waals surface area contributed by atoms with Gasteiger partial charge in [0.25, 0.3) is 5.91 Å². The van der Waals surface area contributed by atoms with Crippen molar-refractivity contribution in [1.82, 2.24) is 4.57 Å². The summed E-state index contributed by atoms with van der Waals surface area (Å²) < 4.78 is 2.45. The summed E-state index contributed by atoms with van der Waals surface area (Å²) in [5.41, 5.74) is 1.53. The van der Waals surface area contributed by atoms with Gasteiger partial charge in [-0.05, 0) is 55.0 Å². The van der Waals surface area contributed by atoms with E-state index in [2.05, 4.69) is 20.9 Å². The molecule has 0 bridgehead atoms. The van der Waals surface area contributed by atoms with E-state index in [4.69, 9.17) is 12.2 Å². The summed E-state index contributed by atoms with van der Waals surface area (Å²) in [6.07, 6.45) is 0. The first kappa shape index (κ1) is 18.7. The minimum Gasteiger partial charge on any atom is -0.493 e. The third-order valence-corrected chi connectivity index (χ3v) is 6.25. The van der Waals surface area contributed by atoms with Crippen molar-refractivity contribution in [2.75, 3.05) is 0 Å². The van der Waals surface area contributed by atoms with Crippen molar-refractivity contribution in [1.29, 1.82) is 0 Å². The first-order valence-corrected chi connectivity index (χ1v) is 10.0. The van der Waals surface area contributed by atoms with Crippen LogP contribution in [0.15, 0.2) is 45.9 Å². The van der Waals surface area contributed by atoms with Gasteiger partial charge >= 0.3 is 5.97 Å². The molecule has 0 aliphatic carbocycles. The summed E-state index contributed by atoms with van der Waals surface area (Å²) in [7, 11) is 0. The fourth-order valence-electron chi connectivity index (χ4n) is 3.03. The Bertz CT molecular complexity index is 1370. The van der Waals surface area contributed by atoms with Gasteiger partial charge in [0.2, 0.25) is 5.88 Å².